The summed E-state index contributed by atoms with van der Waals surface area (Å²) in [7, 11) is 0. The van der Waals surface area contributed by atoms with E-state index in [9.17, 15) is 0 Å². The van der Waals surface area contributed by atoms with E-state index in [-0.39, 0.29) is 0 Å². The zero-order valence-electron chi connectivity index (χ0n) is 7.23. The monoisotopic (exact) mass is 264 g/mol. The number of hydrogen-bond donors (Lipinski definition) is 0. The molecule has 0 amide bonds. The molecule has 0 bridgehead atoms. The van der Waals surface area contributed by atoms with E-state index in [2.05, 4.69) is 26.8 Å². The summed E-state index contributed by atoms with van der Waals surface area (Å²) in [5.41, 5.74) is 0. The van der Waals surface area contributed by atoms with Crippen molar-refractivity contribution in [3.63, 3.8) is 0 Å². The van der Waals surface area contributed by atoms with E-state index in [1.807, 2.05) is 0 Å². The van der Waals surface area contributed by atoms with Crippen LogP contribution in [0.2, 0.25) is 0 Å². The molecule has 0 aromatic carbocycles. The van der Waals surface area contributed by atoms with Crippen LogP contribution in [0.15, 0.2) is 0 Å². The van der Waals surface area contributed by atoms with Crippen molar-refractivity contribution in [2.45, 2.75) is 32.2 Å². The van der Waals surface area contributed by atoms with Crippen LogP contribution < -0.4 is 21.5 Å². The third kappa shape index (κ3) is 3.44. The Kier molecular flexibility index (Phi) is 4.24. The summed E-state index contributed by atoms with van der Waals surface area (Å²) in [5.74, 6) is 6.53. The van der Waals surface area contributed by atoms with E-state index in [4.69, 9.17) is 0 Å². The van der Waals surface area contributed by atoms with Gasteiger partial charge in [-0.25, -0.2) is 0 Å². The van der Waals surface area contributed by atoms with Crippen LogP contribution in [0.5, 0.6) is 0 Å². The summed E-state index contributed by atoms with van der Waals surface area (Å²) in [6.45, 7) is 3.46. The zero-order chi connectivity index (χ0) is 8.10. The van der Waals surface area contributed by atoms with Gasteiger partial charge in [0.25, 0.3) is 0 Å². The molecule has 11 heavy (non-hydrogen) atoms. The van der Waals surface area contributed by atoms with Crippen LogP contribution in [-0.4, -0.2) is 20.6 Å². The summed E-state index contributed by atoms with van der Waals surface area (Å²) < 4.78 is 2.48. The number of rotatable bonds is 3. The fourth-order valence-electron chi connectivity index (χ4n) is 0.876. The van der Waals surface area contributed by atoms with E-state index < -0.39 is 0 Å². The van der Waals surface area contributed by atoms with Gasteiger partial charge >= 0.3 is 80.1 Å². The molecule has 2 atom stereocenters. The van der Waals surface area contributed by atoms with Gasteiger partial charge < -0.3 is 0 Å². The summed E-state index contributed by atoms with van der Waals surface area (Å²) in [4.78, 5) is 2.30. The number of alkyl halides is 1. The van der Waals surface area contributed by atoms with Crippen LogP contribution in [-0.2, 0) is 0 Å². The second kappa shape index (κ2) is 5.00. The van der Waals surface area contributed by atoms with Crippen molar-refractivity contribution in [2.75, 3.05) is 11.5 Å². The predicted octanol–water partition coefficient (Wildman–Crippen LogP) is -1.50. The first kappa shape index (κ1) is 9.34. The molecule has 1 aliphatic heterocycles. The van der Waals surface area contributed by atoms with Crippen LogP contribution in [0.1, 0.15) is 26.2 Å². The van der Waals surface area contributed by atoms with Gasteiger partial charge in [-0.2, -0.15) is 0 Å². The van der Waals surface area contributed by atoms with Crippen LogP contribution >= 0.6 is 0 Å². The number of hydrogen-bond acceptors (Lipinski definition) is 1. The summed E-state index contributed by atoms with van der Waals surface area (Å²) >= 11 is 0.323. The van der Waals surface area contributed by atoms with Crippen molar-refractivity contribution in [2.24, 2.45) is 0 Å². The standard InChI is InChI=1S/C9H15IN/c1-3-4-5-6-7-9-8-11(9)10-2/h9H,3-5,8H2,1-2H3/q-1. The van der Waals surface area contributed by atoms with E-state index in [0.29, 0.717) is 27.5 Å². The van der Waals surface area contributed by atoms with Crippen molar-refractivity contribution in [1.29, 1.82) is 0 Å². The summed E-state index contributed by atoms with van der Waals surface area (Å²) in [6.07, 6.45) is 3.63. The molecule has 1 saturated heterocycles. The molecule has 1 aliphatic rings. The average Bonchev–Trinajstić information content (AvgIpc) is 2.77. The van der Waals surface area contributed by atoms with Gasteiger partial charge in [0.05, 0.1) is 0 Å². The second-order valence-electron chi connectivity index (χ2n) is 2.69. The Hall–Kier alpha value is 0.250. The van der Waals surface area contributed by atoms with Crippen molar-refractivity contribution < 1.29 is 21.5 Å². The molecule has 1 rings (SSSR count). The summed E-state index contributed by atoms with van der Waals surface area (Å²) in [5, 5.41) is 0. The SMILES string of the molecule is CCCCC#CC1CN1[I-]C. The molecule has 0 spiro atoms. The second-order valence-corrected chi connectivity index (χ2v) is 4.90. The van der Waals surface area contributed by atoms with Crippen LogP contribution in [0, 0.1) is 11.8 Å². The Bertz CT molecular complexity index is 168. The minimum atomic E-state index is 0.323. The molecule has 2 heteroatoms. The minimum absolute atomic E-state index is 0.323. The van der Waals surface area contributed by atoms with Crippen molar-refractivity contribution >= 4 is 0 Å². The van der Waals surface area contributed by atoms with Crippen LogP contribution in [0.4, 0.5) is 0 Å². The van der Waals surface area contributed by atoms with Gasteiger partial charge in [0.15, 0.2) is 0 Å². The Balaban J connectivity index is 2.05. The van der Waals surface area contributed by atoms with Crippen molar-refractivity contribution in [3.8, 4) is 11.8 Å². The Morgan fingerprint density at radius 3 is 3.00 bits per heavy atom. The molecule has 0 radical (unpaired) electrons. The van der Waals surface area contributed by atoms with Gasteiger partial charge in [-0.05, 0) is 0 Å². The maximum absolute atomic E-state index is 3.30. The van der Waals surface area contributed by atoms with Gasteiger partial charge in [0.2, 0.25) is 0 Å². The van der Waals surface area contributed by atoms with Crippen molar-refractivity contribution in [3.05, 3.63) is 0 Å². The van der Waals surface area contributed by atoms with Gasteiger partial charge in [-0.15, -0.1) is 0 Å². The molecule has 64 valence electrons. The Labute approximate surface area is 80.2 Å². The van der Waals surface area contributed by atoms with Gasteiger partial charge in [0, 0.05) is 0 Å². The van der Waals surface area contributed by atoms with E-state index in [1.165, 1.54) is 19.4 Å². The quantitative estimate of drug-likeness (QED) is 0.150. The third-order valence-electron chi connectivity index (χ3n) is 1.69. The van der Waals surface area contributed by atoms with E-state index >= 15 is 0 Å². The number of unbranched alkanes of at least 4 members (excludes halogenated alkanes) is 2. The molecule has 0 aromatic rings. The molecular formula is C9H15IN-. The number of nitrogens with zero attached hydrogens (tertiary/aromatic N) is 1. The topological polar surface area (TPSA) is 3.01 Å². The first-order valence-electron chi connectivity index (χ1n) is 4.13. The fourth-order valence-corrected chi connectivity index (χ4v) is 2.45. The first-order chi connectivity index (χ1) is 5.38. The van der Waals surface area contributed by atoms with Crippen LogP contribution in [0.25, 0.3) is 0 Å². The molecule has 1 heterocycles. The molecular weight excluding hydrogens is 249 g/mol. The van der Waals surface area contributed by atoms with Gasteiger partial charge in [-0.1, -0.05) is 0 Å². The van der Waals surface area contributed by atoms with Crippen LogP contribution in [0.3, 0.4) is 0 Å². The van der Waals surface area contributed by atoms with E-state index in [0.717, 1.165) is 6.42 Å². The molecule has 1 nitrogen and oxygen atoms in total. The third-order valence-corrected chi connectivity index (χ3v) is 4.00. The average molecular weight is 264 g/mol. The molecule has 0 aliphatic carbocycles. The zero-order valence-corrected chi connectivity index (χ0v) is 9.39. The predicted molar refractivity (Wildman–Crippen MR) is 43.7 cm³/mol. The molecule has 0 aromatic heterocycles. The first-order valence-corrected chi connectivity index (χ1v) is 7.25. The van der Waals surface area contributed by atoms with Crippen molar-refractivity contribution in [1.82, 2.24) is 3.11 Å². The molecule has 0 saturated carbocycles. The Morgan fingerprint density at radius 2 is 2.45 bits per heavy atom. The molecule has 1 fully saturated rings. The molecule has 2 unspecified atom stereocenters. The fraction of sp³-hybridized carbons (Fsp3) is 0.778. The molecule has 0 N–H and O–H groups in total. The van der Waals surface area contributed by atoms with Gasteiger partial charge in [0.1, 0.15) is 0 Å². The Morgan fingerprint density at radius 1 is 1.64 bits per heavy atom. The number of halogens is 1. The normalized spacial score (nSPS) is 27.8. The van der Waals surface area contributed by atoms with Gasteiger partial charge in [-0.3, -0.25) is 0 Å². The van der Waals surface area contributed by atoms with E-state index in [1.54, 1.807) is 0 Å². The summed E-state index contributed by atoms with van der Waals surface area (Å²) in [6, 6.07) is 0.657. The maximum atomic E-state index is 3.30.